The van der Waals surface area contributed by atoms with Crippen LogP contribution in [0, 0.1) is 5.92 Å². The van der Waals surface area contributed by atoms with E-state index < -0.39 is 54.3 Å². The minimum Gasteiger partial charge on any atom is -0.481 e. The van der Waals surface area contributed by atoms with E-state index >= 15 is 0 Å². The fourth-order valence-electron chi connectivity index (χ4n) is 2.69. The summed E-state index contributed by atoms with van der Waals surface area (Å²) in [6.45, 7) is 3.29. The Hall–Kier alpha value is -3.42. The second-order valence-electron chi connectivity index (χ2n) is 7.85. The van der Waals surface area contributed by atoms with Crippen molar-refractivity contribution in [1.29, 1.82) is 0 Å². The Labute approximate surface area is 191 Å². The molecular weight excluding hydrogens is 438 g/mol. The zero-order chi connectivity index (χ0) is 25.6. The average molecular weight is 474 g/mol. The van der Waals surface area contributed by atoms with Gasteiger partial charge in [0.2, 0.25) is 17.7 Å². The summed E-state index contributed by atoms with van der Waals surface area (Å²) in [7, 11) is 0. The summed E-state index contributed by atoms with van der Waals surface area (Å²) in [6.07, 6.45) is 0.198. The predicted octanol–water partition coefficient (Wildman–Crippen LogP) is -2.55. The van der Waals surface area contributed by atoms with E-state index in [1.807, 2.05) is 0 Å². The molecule has 0 saturated carbocycles. The number of carbonyl (C=O) groups is 5. The lowest BCUT2D eigenvalue weighted by atomic mass is 10.0. The van der Waals surface area contributed by atoms with E-state index in [1.165, 1.54) is 0 Å². The van der Waals surface area contributed by atoms with Crippen molar-refractivity contribution in [2.75, 3.05) is 13.1 Å². The molecule has 33 heavy (non-hydrogen) atoms. The van der Waals surface area contributed by atoms with Crippen molar-refractivity contribution in [1.82, 2.24) is 16.0 Å². The Kier molecular flexibility index (Phi) is 13.8. The lowest BCUT2D eigenvalue weighted by molar-refractivity contribution is -0.142. The van der Waals surface area contributed by atoms with Crippen LogP contribution >= 0.6 is 0 Å². The zero-order valence-corrected chi connectivity index (χ0v) is 18.9. The molecule has 3 amide bonds. The van der Waals surface area contributed by atoms with Crippen molar-refractivity contribution < 1.29 is 34.2 Å². The quantitative estimate of drug-likeness (QED) is 0.0661. The maximum atomic E-state index is 12.7. The number of aliphatic carboxylic acids is 2. The van der Waals surface area contributed by atoms with Gasteiger partial charge in [-0.2, -0.15) is 0 Å². The fourth-order valence-corrected chi connectivity index (χ4v) is 2.69. The summed E-state index contributed by atoms with van der Waals surface area (Å²) in [5, 5.41) is 25.1. The lowest BCUT2D eigenvalue weighted by Crippen LogP contribution is -2.54. The van der Waals surface area contributed by atoms with Gasteiger partial charge < -0.3 is 43.4 Å². The van der Waals surface area contributed by atoms with Gasteiger partial charge >= 0.3 is 11.9 Å². The summed E-state index contributed by atoms with van der Waals surface area (Å²) in [6, 6.07) is -3.35. The predicted molar refractivity (Wildman–Crippen MR) is 119 cm³/mol. The number of hydrogen-bond acceptors (Lipinski definition) is 7. The average Bonchev–Trinajstić information content (AvgIpc) is 2.70. The van der Waals surface area contributed by atoms with E-state index in [1.54, 1.807) is 13.8 Å². The summed E-state index contributed by atoms with van der Waals surface area (Å²) in [5.41, 5.74) is 16.1. The number of nitrogens with zero attached hydrogens (tertiary/aromatic N) is 1. The van der Waals surface area contributed by atoms with E-state index in [4.69, 9.17) is 22.3 Å². The Morgan fingerprint density at radius 1 is 0.939 bits per heavy atom. The SMILES string of the molecule is CC(C)CC(NC(=O)C(CCCN=C(N)N)NC(=O)CNC(=O)C(N)CCC(=O)O)C(=O)O. The minimum absolute atomic E-state index is 0.00172. The van der Waals surface area contributed by atoms with Crippen LogP contribution in [0.15, 0.2) is 4.99 Å². The summed E-state index contributed by atoms with van der Waals surface area (Å²) in [5.74, 6) is -4.58. The number of rotatable bonds is 16. The first-order valence-electron chi connectivity index (χ1n) is 10.5. The molecule has 0 rings (SSSR count). The molecule has 0 aromatic rings. The van der Waals surface area contributed by atoms with Gasteiger partial charge in [-0.15, -0.1) is 0 Å². The largest absolute Gasteiger partial charge is 0.481 e. The number of carbonyl (C=O) groups excluding carboxylic acids is 3. The number of guanidine groups is 1. The van der Waals surface area contributed by atoms with Crippen LogP contribution in [0.2, 0.25) is 0 Å². The van der Waals surface area contributed by atoms with E-state index in [2.05, 4.69) is 20.9 Å². The van der Waals surface area contributed by atoms with Crippen LogP contribution in [0.3, 0.4) is 0 Å². The summed E-state index contributed by atoms with van der Waals surface area (Å²) in [4.78, 5) is 62.6. The molecule has 14 heteroatoms. The Bertz CT molecular complexity index is 723. The second kappa shape index (κ2) is 15.4. The molecule has 0 aromatic carbocycles. The highest BCUT2D eigenvalue weighted by atomic mass is 16.4. The molecule has 3 atom stereocenters. The van der Waals surface area contributed by atoms with Crippen molar-refractivity contribution in [3.63, 3.8) is 0 Å². The number of carboxylic acids is 2. The highest BCUT2D eigenvalue weighted by molar-refractivity contribution is 5.92. The van der Waals surface area contributed by atoms with Gasteiger partial charge in [-0.3, -0.25) is 24.2 Å². The number of nitrogens with one attached hydrogen (secondary N) is 3. The summed E-state index contributed by atoms with van der Waals surface area (Å²) < 4.78 is 0. The van der Waals surface area contributed by atoms with Crippen LogP contribution in [0.1, 0.15) is 46.0 Å². The molecule has 0 aromatic heterocycles. The second-order valence-corrected chi connectivity index (χ2v) is 7.85. The normalized spacial score (nSPS) is 13.3. The van der Waals surface area contributed by atoms with Crippen molar-refractivity contribution in [3.05, 3.63) is 0 Å². The van der Waals surface area contributed by atoms with Crippen molar-refractivity contribution >= 4 is 35.6 Å². The fraction of sp³-hybridized carbons (Fsp3) is 0.684. The molecule has 0 radical (unpaired) electrons. The van der Waals surface area contributed by atoms with Crippen molar-refractivity contribution in [2.24, 2.45) is 28.1 Å². The van der Waals surface area contributed by atoms with Crippen LogP contribution < -0.4 is 33.2 Å². The summed E-state index contributed by atoms with van der Waals surface area (Å²) >= 11 is 0. The zero-order valence-electron chi connectivity index (χ0n) is 18.9. The van der Waals surface area contributed by atoms with Crippen LogP contribution in [0.5, 0.6) is 0 Å². The highest BCUT2D eigenvalue weighted by Gasteiger charge is 2.27. The number of nitrogens with two attached hydrogens (primary N) is 3. The first kappa shape index (κ1) is 29.6. The smallest absolute Gasteiger partial charge is 0.326 e. The molecule has 188 valence electrons. The topological polar surface area (TPSA) is 252 Å². The van der Waals surface area contributed by atoms with Gasteiger partial charge in [0.25, 0.3) is 0 Å². The molecule has 0 saturated heterocycles. The van der Waals surface area contributed by atoms with Crippen LogP contribution in [0.25, 0.3) is 0 Å². The van der Waals surface area contributed by atoms with Crippen LogP contribution in [-0.2, 0) is 24.0 Å². The van der Waals surface area contributed by atoms with Gasteiger partial charge in [-0.05, 0) is 31.6 Å². The van der Waals surface area contributed by atoms with Gasteiger partial charge in [0.15, 0.2) is 5.96 Å². The molecule has 11 N–H and O–H groups in total. The highest BCUT2D eigenvalue weighted by Crippen LogP contribution is 2.07. The third-order valence-corrected chi connectivity index (χ3v) is 4.35. The Morgan fingerprint density at radius 3 is 2.09 bits per heavy atom. The maximum Gasteiger partial charge on any atom is 0.326 e. The monoisotopic (exact) mass is 473 g/mol. The van der Waals surface area contributed by atoms with E-state index in [0.29, 0.717) is 6.42 Å². The van der Waals surface area contributed by atoms with Gasteiger partial charge in [0, 0.05) is 13.0 Å². The van der Waals surface area contributed by atoms with Crippen LogP contribution in [-0.4, -0.2) is 77.0 Å². The number of carboxylic acid groups (broad SMARTS) is 2. The minimum atomic E-state index is -1.20. The number of amides is 3. The standard InChI is InChI=1S/C19H35N7O7/c1-10(2)8-13(18(32)33)26-17(31)12(4-3-7-23-19(21)22)25-14(27)9-24-16(30)11(20)5-6-15(28)29/h10-13H,3-9,20H2,1-2H3,(H,24,30)(H,25,27)(H,26,31)(H,28,29)(H,32,33)(H4,21,22,23). The number of aliphatic imine (C=N–C) groups is 1. The lowest BCUT2D eigenvalue weighted by Gasteiger charge is -2.22. The third kappa shape index (κ3) is 14.3. The first-order valence-corrected chi connectivity index (χ1v) is 10.5. The molecule has 0 fully saturated rings. The molecule has 0 heterocycles. The molecular formula is C19H35N7O7. The van der Waals surface area contributed by atoms with E-state index in [-0.39, 0.29) is 44.1 Å². The molecule has 0 aliphatic rings. The number of hydrogen-bond donors (Lipinski definition) is 8. The van der Waals surface area contributed by atoms with E-state index in [0.717, 1.165) is 0 Å². The van der Waals surface area contributed by atoms with Gasteiger partial charge in [-0.1, -0.05) is 13.8 Å². The molecule has 14 nitrogen and oxygen atoms in total. The third-order valence-electron chi connectivity index (χ3n) is 4.35. The van der Waals surface area contributed by atoms with Crippen LogP contribution in [0.4, 0.5) is 0 Å². The van der Waals surface area contributed by atoms with Crippen molar-refractivity contribution in [3.8, 4) is 0 Å². The maximum absolute atomic E-state index is 12.7. The molecule has 0 aliphatic heterocycles. The van der Waals surface area contributed by atoms with Gasteiger partial charge in [-0.25, -0.2) is 4.79 Å². The van der Waals surface area contributed by atoms with Crippen molar-refractivity contribution in [2.45, 2.75) is 64.1 Å². The van der Waals surface area contributed by atoms with Gasteiger partial charge in [0.1, 0.15) is 12.1 Å². The first-order chi connectivity index (χ1) is 15.3. The Balaban J connectivity index is 5.02. The van der Waals surface area contributed by atoms with Gasteiger partial charge in [0.05, 0.1) is 12.6 Å². The molecule has 3 unspecified atom stereocenters. The molecule has 0 bridgehead atoms. The van der Waals surface area contributed by atoms with E-state index in [9.17, 15) is 29.1 Å². The Morgan fingerprint density at radius 2 is 1.58 bits per heavy atom. The molecule has 0 aliphatic carbocycles. The molecule has 0 spiro atoms.